The molecule has 8 heteroatoms. The summed E-state index contributed by atoms with van der Waals surface area (Å²) in [5, 5.41) is 3.29. The van der Waals surface area contributed by atoms with Crippen molar-refractivity contribution in [2.45, 2.75) is 26.8 Å². The molecule has 0 aliphatic carbocycles. The summed E-state index contributed by atoms with van der Waals surface area (Å²) in [6.07, 6.45) is 1.04. The molecule has 2 rings (SSSR count). The van der Waals surface area contributed by atoms with E-state index in [4.69, 9.17) is 23.2 Å². The van der Waals surface area contributed by atoms with E-state index >= 15 is 0 Å². The second kappa shape index (κ2) is 7.86. The van der Waals surface area contributed by atoms with Gasteiger partial charge in [-0.1, -0.05) is 40.9 Å². The summed E-state index contributed by atoms with van der Waals surface area (Å²) < 4.78 is 25.6. The minimum atomic E-state index is -3.73. The highest BCUT2D eigenvalue weighted by Crippen LogP contribution is 2.30. The minimum absolute atomic E-state index is 0.208. The molecule has 0 fully saturated rings. The number of rotatable bonds is 5. The first-order valence-electron chi connectivity index (χ1n) is 7.83. The molecule has 0 heterocycles. The van der Waals surface area contributed by atoms with Crippen LogP contribution in [0.3, 0.4) is 0 Å². The molecular formula is C18H20Cl2N2O3S. The van der Waals surface area contributed by atoms with Gasteiger partial charge in [-0.05, 0) is 50.6 Å². The van der Waals surface area contributed by atoms with E-state index < -0.39 is 22.0 Å². The summed E-state index contributed by atoms with van der Waals surface area (Å²) in [5.41, 5.74) is 2.87. The third-order valence-corrected chi connectivity index (χ3v) is 5.87. The largest absolute Gasteiger partial charge is 0.324 e. The standard InChI is InChI=1S/C18H20Cl2N2O3S/c1-11-5-8-17(12(2)9-11)21-18(23)13(3)22(26(4,24)25)14-6-7-15(19)16(20)10-14/h5-10,13H,1-4H3,(H,21,23). The van der Waals surface area contributed by atoms with Crippen molar-refractivity contribution in [3.8, 4) is 0 Å². The Morgan fingerprint density at radius 3 is 2.27 bits per heavy atom. The molecule has 1 atom stereocenters. The van der Waals surface area contributed by atoms with Crippen LogP contribution in [0.4, 0.5) is 11.4 Å². The number of anilines is 2. The van der Waals surface area contributed by atoms with Crippen molar-refractivity contribution in [3.63, 3.8) is 0 Å². The Bertz CT molecular complexity index is 945. The molecule has 26 heavy (non-hydrogen) atoms. The number of aryl methyl sites for hydroxylation is 2. The lowest BCUT2D eigenvalue weighted by Gasteiger charge is -2.28. The van der Waals surface area contributed by atoms with E-state index in [1.807, 2.05) is 26.0 Å². The Balaban J connectivity index is 2.35. The Morgan fingerprint density at radius 2 is 1.73 bits per heavy atom. The summed E-state index contributed by atoms with van der Waals surface area (Å²) in [6.45, 7) is 5.35. The van der Waals surface area contributed by atoms with Gasteiger partial charge < -0.3 is 5.32 Å². The van der Waals surface area contributed by atoms with Gasteiger partial charge in [0.05, 0.1) is 22.0 Å². The molecule has 5 nitrogen and oxygen atoms in total. The van der Waals surface area contributed by atoms with E-state index in [0.717, 1.165) is 21.7 Å². The van der Waals surface area contributed by atoms with Crippen LogP contribution >= 0.6 is 23.2 Å². The fourth-order valence-corrected chi connectivity index (χ4v) is 4.08. The predicted octanol–water partition coefficient (Wildman–Crippen LogP) is 4.40. The average molecular weight is 415 g/mol. The number of sulfonamides is 1. The van der Waals surface area contributed by atoms with E-state index in [1.165, 1.54) is 25.1 Å². The third kappa shape index (κ3) is 4.69. The Hall–Kier alpha value is -1.76. The molecule has 1 N–H and O–H groups in total. The van der Waals surface area contributed by atoms with Gasteiger partial charge in [0, 0.05) is 5.69 Å². The molecule has 140 valence electrons. The normalized spacial score (nSPS) is 12.5. The minimum Gasteiger partial charge on any atom is -0.324 e. The van der Waals surface area contributed by atoms with Crippen molar-refractivity contribution < 1.29 is 13.2 Å². The second-order valence-corrected chi connectivity index (χ2v) is 8.81. The lowest BCUT2D eigenvalue weighted by molar-refractivity contribution is -0.116. The van der Waals surface area contributed by atoms with E-state index in [9.17, 15) is 13.2 Å². The summed E-state index contributed by atoms with van der Waals surface area (Å²) in [5.74, 6) is -0.451. The molecule has 0 aromatic heterocycles. The zero-order valence-electron chi connectivity index (χ0n) is 14.9. The van der Waals surface area contributed by atoms with Crippen LogP contribution in [-0.4, -0.2) is 26.6 Å². The number of hydrogen-bond acceptors (Lipinski definition) is 3. The van der Waals surface area contributed by atoms with Gasteiger partial charge in [-0.15, -0.1) is 0 Å². The van der Waals surface area contributed by atoms with Crippen molar-refractivity contribution in [3.05, 3.63) is 57.6 Å². The maximum Gasteiger partial charge on any atom is 0.248 e. The van der Waals surface area contributed by atoms with Crippen LogP contribution in [0.2, 0.25) is 10.0 Å². The van der Waals surface area contributed by atoms with Crippen LogP contribution in [0.5, 0.6) is 0 Å². The van der Waals surface area contributed by atoms with Gasteiger partial charge in [0.25, 0.3) is 0 Å². The smallest absolute Gasteiger partial charge is 0.248 e. The van der Waals surface area contributed by atoms with Crippen molar-refractivity contribution in [2.75, 3.05) is 15.9 Å². The topological polar surface area (TPSA) is 66.5 Å². The molecule has 1 unspecified atom stereocenters. The fraction of sp³-hybridized carbons (Fsp3) is 0.278. The van der Waals surface area contributed by atoms with Crippen molar-refractivity contribution in [1.82, 2.24) is 0 Å². The molecule has 2 aromatic carbocycles. The highest BCUT2D eigenvalue weighted by molar-refractivity contribution is 7.92. The van der Waals surface area contributed by atoms with Gasteiger partial charge in [-0.2, -0.15) is 0 Å². The number of hydrogen-bond donors (Lipinski definition) is 1. The maximum atomic E-state index is 12.7. The van der Waals surface area contributed by atoms with Crippen LogP contribution in [0.15, 0.2) is 36.4 Å². The third-order valence-electron chi connectivity index (χ3n) is 3.89. The molecule has 0 saturated carbocycles. The fourth-order valence-electron chi connectivity index (χ4n) is 2.62. The van der Waals surface area contributed by atoms with Crippen LogP contribution in [-0.2, 0) is 14.8 Å². The first-order chi connectivity index (χ1) is 12.0. The van der Waals surface area contributed by atoms with Crippen molar-refractivity contribution in [2.24, 2.45) is 0 Å². The van der Waals surface area contributed by atoms with Gasteiger partial charge in [0.2, 0.25) is 15.9 Å². The van der Waals surface area contributed by atoms with E-state index in [-0.39, 0.29) is 10.7 Å². The first-order valence-corrected chi connectivity index (χ1v) is 10.4. The molecule has 1 amide bonds. The van der Waals surface area contributed by atoms with Crippen LogP contribution in [0.1, 0.15) is 18.1 Å². The first kappa shape index (κ1) is 20.6. The number of nitrogens with one attached hydrogen (secondary N) is 1. The van der Waals surface area contributed by atoms with E-state index in [0.29, 0.717) is 10.7 Å². The number of benzene rings is 2. The van der Waals surface area contributed by atoms with Crippen molar-refractivity contribution in [1.29, 1.82) is 0 Å². The van der Waals surface area contributed by atoms with Crippen LogP contribution in [0.25, 0.3) is 0 Å². The summed E-state index contributed by atoms with van der Waals surface area (Å²) in [6, 6.07) is 9.05. The number of nitrogens with zero attached hydrogens (tertiary/aromatic N) is 1. The van der Waals surface area contributed by atoms with E-state index in [1.54, 1.807) is 6.07 Å². The zero-order chi connectivity index (χ0) is 19.6. The van der Waals surface area contributed by atoms with Crippen molar-refractivity contribution >= 4 is 50.5 Å². The molecule has 0 aliphatic rings. The highest BCUT2D eigenvalue weighted by atomic mass is 35.5. The second-order valence-electron chi connectivity index (χ2n) is 6.14. The van der Waals surface area contributed by atoms with Gasteiger partial charge in [0.15, 0.2) is 0 Å². The Kier molecular flexibility index (Phi) is 6.21. The molecule has 0 radical (unpaired) electrons. The van der Waals surface area contributed by atoms with E-state index in [2.05, 4.69) is 5.32 Å². The molecule has 0 saturated heterocycles. The number of amides is 1. The Morgan fingerprint density at radius 1 is 1.08 bits per heavy atom. The predicted molar refractivity (Wildman–Crippen MR) is 108 cm³/mol. The number of halogens is 2. The van der Waals surface area contributed by atoms with Gasteiger partial charge in [-0.25, -0.2) is 8.42 Å². The summed E-state index contributed by atoms with van der Waals surface area (Å²) >= 11 is 11.9. The van der Waals surface area contributed by atoms with Gasteiger partial charge in [0.1, 0.15) is 6.04 Å². The SMILES string of the molecule is Cc1ccc(NC(=O)C(C)N(c2ccc(Cl)c(Cl)c2)S(C)(=O)=O)c(C)c1. The summed E-state index contributed by atoms with van der Waals surface area (Å²) in [4.78, 5) is 12.7. The molecule has 0 bridgehead atoms. The number of carbonyl (C=O) groups is 1. The molecular weight excluding hydrogens is 395 g/mol. The molecule has 2 aromatic rings. The average Bonchev–Trinajstić information content (AvgIpc) is 2.52. The summed E-state index contributed by atoms with van der Waals surface area (Å²) in [7, 11) is -3.73. The Labute approximate surface area is 164 Å². The lowest BCUT2D eigenvalue weighted by atomic mass is 10.1. The maximum absolute atomic E-state index is 12.7. The van der Waals surface area contributed by atoms with Gasteiger partial charge >= 0.3 is 0 Å². The van der Waals surface area contributed by atoms with Crippen LogP contribution in [0, 0.1) is 13.8 Å². The van der Waals surface area contributed by atoms with Gasteiger partial charge in [-0.3, -0.25) is 9.10 Å². The number of carbonyl (C=O) groups excluding carboxylic acids is 1. The lowest BCUT2D eigenvalue weighted by Crippen LogP contribution is -2.45. The highest BCUT2D eigenvalue weighted by Gasteiger charge is 2.29. The monoisotopic (exact) mass is 414 g/mol. The molecule has 0 aliphatic heterocycles. The quantitative estimate of drug-likeness (QED) is 0.787. The zero-order valence-corrected chi connectivity index (χ0v) is 17.2. The molecule has 0 spiro atoms. The van der Waals surface area contributed by atoms with Crippen LogP contribution < -0.4 is 9.62 Å².